The second kappa shape index (κ2) is 5.65. The van der Waals surface area contributed by atoms with Crippen LogP contribution < -0.4 is 0 Å². The molecule has 2 aliphatic rings. The van der Waals surface area contributed by atoms with Crippen LogP contribution in [0, 0.1) is 0 Å². The molecular formula is C16H20BBr. The second-order valence-corrected chi connectivity index (χ2v) is 6.30. The first-order valence-electron chi connectivity index (χ1n) is 7.26. The molecule has 2 fully saturated rings. The molecule has 0 nitrogen and oxygen atoms in total. The van der Waals surface area contributed by atoms with Gasteiger partial charge < -0.3 is 0 Å². The van der Waals surface area contributed by atoms with E-state index in [2.05, 4.69) is 51.2 Å². The Morgan fingerprint density at radius 2 is 1.56 bits per heavy atom. The summed E-state index contributed by atoms with van der Waals surface area (Å²) in [6, 6.07) is 10.9. The van der Waals surface area contributed by atoms with Gasteiger partial charge in [-0.1, -0.05) is 102 Å². The van der Waals surface area contributed by atoms with Gasteiger partial charge in [0.25, 0.3) is 0 Å². The predicted molar refractivity (Wildman–Crippen MR) is 84.3 cm³/mol. The molecule has 1 aromatic rings. The number of hydrogen-bond donors (Lipinski definition) is 0. The van der Waals surface area contributed by atoms with Crippen LogP contribution in [0.2, 0.25) is 11.6 Å². The Bertz CT molecular complexity index is 404. The lowest BCUT2D eigenvalue weighted by Crippen LogP contribution is -2.35. The molecule has 2 aliphatic heterocycles. The highest BCUT2D eigenvalue weighted by molar-refractivity contribution is 9.11. The molecule has 1 aromatic carbocycles. The van der Waals surface area contributed by atoms with Crippen LogP contribution in [0.5, 0.6) is 0 Å². The molecule has 0 atom stereocenters. The zero-order valence-corrected chi connectivity index (χ0v) is 12.4. The van der Waals surface area contributed by atoms with E-state index in [1.165, 1.54) is 44.1 Å². The molecule has 0 N–H and O–H groups in total. The van der Waals surface area contributed by atoms with Crippen molar-refractivity contribution >= 4 is 28.1 Å². The summed E-state index contributed by atoms with van der Waals surface area (Å²) in [4.78, 5) is 2.20. The van der Waals surface area contributed by atoms with E-state index in [-0.39, 0.29) is 0 Å². The number of halogens is 1. The third kappa shape index (κ3) is 2.32. The minimum atomic E-state index is 0.800. The summed E-state index contributed by atoms with van der Waals surface area (Å²) in [5.74, 6) is 1.86. The molecule has 94 valence electrons. The van der Waals surface area contributed by atoms with E-state index in [9.17, 15) is 0 Å². The molecule has 3 rings (SSSR count). The van der Waals surface area contributed by atoms with Crippen LogP contribution in [0.25, 0.3) is 5.47 Å². The highest BCUT2D eigenvalue weighted by Crippen LogP contribution is 2.50. The van der Waals surface area contributed by atoms with Crippen LogP contribution in [0.4, 0.5) is 0 Å². The zero-order chi connectivity index (χ0) is 12.4. The molecule has 0 spiro atoms. The van der Waals surface area contributed by atoms with Crippen molar-refractivity contribution in [3.05, 3.63) is 40.9 Å². The summed E-state index contributed by atoms with van der Waals surface area (Å²) in [7, 11) is 0. The average Bonchev–Trinajstić information content (AvgIpc) is 2.40. The maximum absolute atomic E-state index is 3.63. The Morgan fingerprint density at radius 1 is 1.00 bits per heavy atom. The molecule has 0 aromatic heterocycles. The molecule has 0 unspecified atom stereocenters. The molecule has 2 heteroatoms. The molecule has 2 saturated heterocycles. The summed E-state index contributed by atoms with van der Waals surface area (Å²) < 4.78 is 0. The normalized spacial score (nSPS) is 28.3. The Kier molecular flexibility index (Phi) is 3.93. The minimum absolute atomic E-state index is 0.800. The van der Waals surface area contributed by atoms with E-state index in [4.69, 9.17) is 0 Å². The van der Waals surface area contributed by atoms with Gasteiger partial charge in [-0.25, -0.2) is 0 Å². The van der Waals surface area contributed by atoms with E-state index < -0.39 is 0 Å². The fourth-order valence-corrected chi connectivity index (χ4v) is 4.71. The van der Waals surface area contributed by atoms with Crippen molar-refractivity contribution in [2.45, 2.75) is 50.2 Å². The Labute approximate surface area is 119 Å². The fraction of sp³-hybridized carbons (Fsp3) is 0.500. The van der Waals surface area contributed by atoms with Gasteiger partial charge in [-0.2, -0.15) is 0 Å². The van der Waals surface area contributed by atoms with E-state index in [1.807, 2.05) is 0 Å². The summed E-state index contributed by atoms with van der Waals surface area (Å²) in [6.45, 7) is 0.800. The van der Waals surface area contributed by atoms with E-state index in [1.54, 1.807) is 5.47 Å². The first kappa shape index (κ1) is 12.5. The highest BCUT2D eigenvalue weighted by Gasteiger charge is 2.41. The lowest BCUT2D eigenvalue weighted by molar-refractivity contribution is 0.448. The van der Waals surface area contributed by atoms with Gasteiger partial charge in [0.05, 0.1) is 0 Å². The second-order valence-electron chi connectivity index (χ2n) is 5.84. The number of rotatable bonds is 2. The van der Waals surface area contributed by atoms with Gasteiger partial charge in [0.15, 0.2) is 6.71 Å². The maximum atomic E-state index is 3.63. The molecule has 0 radical (unpaired) electrons. The standard InChI is InChI=1S/C16H20BBr/c18-12-16(13-6-2-1-3-7-13)17-14-8-4-9-15(17)11-5-10-14/h1-3,6-7,12,14-15H,4-5,8-11H2/b16-12-. The van der Waals surface area contributed by atoms with Crippen LogP contribution in [-0.2, 0) is 0 Å². The highest BCUT2D eigenvalue weighted by atomic mass is 79.9. The number of benzene rings is 1. The SMILES string of the molecule is Br/C=C(\B1C2CCCC1CCC2)c1ccccc1. The van der Waals surface area contributed by atoms with Crippen molar-refractivity contribution in [1.29, 1.82) is 0 Å². The van der Waals surface area contributed by atoms with Crippen LogP contribution >= 0.6 is 15.9 Å². The van der Waals surface area contributed by atoms with Gasteiger partial charge in [-0.05, 0) is 10.5 Å². The van der Waals surface area contributed by atoms with Crippen molar-refractivity contribution in [2.24, 2.45) is 0 Å². The molecule has 18 heavy (non-hydrogen) atoms. The monoisotopic (exact) mass is 302 g/mol. The number of hydrogen-bond acceptors (Lipinski definition) is 0. The topological polar surface area (TPSA) is 0 Å². The van der Waals surface area contributed by atoms with Gasteiger partial charge in [0, 0.05) is 0 Å². The third-order valence-corrected chi connectivity index (χ3v) is 5.39. The Hall–Kier alpha value is -0.495. The first-order chi connectivity index (χ1) is 8.90. The lowest BCUT2D eigenvalue weighted by Gasteiger charge is -2.41. The van der Waals surface area contributed by atoms with Crippen molar-refractivity contribution < 1.29 is 0 Å². The number of fused-ring (bicyclic) bond motifs is 2. The summed E-state index contributed by atoms with van der Waals surface area (Å²) in [5, 5.41) is 0. The fourth-order valence-electron chi connectivity index (χ4n) is 4.14. The molecule has 0 saturated carbocycles. The summed E-state index contributed by atoms with van der Waals surface area (Å²) in [6.07, 6.45) is 8.68. The molecular weight excluding hydrogens is 283 g/mol. The predicted octanol–water partition coefficient (Wildman–Crippen LogP) is 5.56. The van der Waals surface area contributed by atoms with E-state index in [0.717, 1.165) is 18.3 Å². The van der Waals surface area contributed by atoms with Crippen LogP contribution in [0.1, 0.15) is 44.1 Å². The van der Waals surface area contributed by atoms with Crippen molar-refractivity contribution in [3.63, 3.8) is 0 Å². The van der Waals surface area contributed by atoms with Crippen molar-refractivity contribution in [2.75, 3.05) is 0 Å². The third-order valence-electron chi connectivity index (χ3n) is 4.90. The van der Waals surface area contributed by atoms with Gasteiger partial charge in [0.2, 0.25) is 0 Å². The van der Waals surface area contributed by atoms with Crippen LogP contribution in [0.3, 0.4) is 0 Å². The minimum Gasteiger partial charge on any atom is -0.0656 e. The molecule has 0 aliphatic carbocycles. The van der Waals surface area contributed by atoms with Gasteiger partial charge in [-0.15, -0.1) is 0 Å². The lowest BCUT2D eigenvalue weighted by atomic mass is 9.24. The van der Waals surface area contributed by atoms with Gasteiger partial charge >= 0.3 is 0 Å². The van der Waals surface area contributed by atoms with Gasteiger partial charge in [0.1, 0.15) is 0 Å². The first-order valence-corrected chi connectivity index (χ1v) is 8.17. The maximum Gasteiger partial charge on any atom is 0.183 e. The van der Waals surface area contributed by atoms with Crippen molar-refractivity contribution in [1.82, 2.24) is 0 Å². The van der Waals surface area contributed by atoms with Gasteiger partial charge in [-0.3, -0.25) is 0 Å². The quantitative estimate of drug-likeness (QED) is 0.627. The summed E-state index contributed by atoms with van der Waals surface area (Å²) in [5.41, 5.74) is 2.96. The van der Waals surface area contributed by atoms with Crippen LogP contribution in [0.15, 0.2) is 35.3 Å². The van der Waals surface area contributed by atoms with Crippen molar-refractivity contribution in [3.8, 4) is 0 Å². The molecule has 2 bridgehead atoms. The molecule has 0 amide bonds. The smallest absolute Gasteiger partial charge is 0.0656 e. The largest absolute Gasteiger partial charge is 0.183 e. The Morgan fingerprint density at radius 3 is 2.06 bits per heavy atom. The average molecular weight is 303 g/mol. The molecule has 2 heterocycles. The van der Waals surface area contributed by atoms with E-state index in [0.29, 0.717) is 0 Å². The zero-order valence-electron chi connectivity index (χ0n) is 10.8. The van der Waals surface area contributed by atoms with E-state index >= 15 is 0 Å². The Balaban J connectivity index is 1.92. The van der Waals surface area contributed by atoms with Crippen LogP contribution in [-0.4, -0.2) is 6.71 Å². The summed E-state index contributed by atoms with van der Waals surface area (Å²) >= 11 is 3.63.